The summed E-state index contributed by atoms with van der Waals surface area (Å²) in [6.45, 7) is 7.80. The van der Waals surface area contributed by atoms with Crippen molar-refractivity contribution in [3.8, 4) is 16.9 Å². The molecule has 2 aromatic heterocycles. The molecule has 10 heteroatoms. The van der Waals surface area contributed by atoms with Crippen molar-refractivity contribution >= 4 is 17.5 Å². The van der Waals surface area contributed by atoms with Crippen molar-refractivity contribution in [3.05, 3.63) is 96.6 Å². The number of piperazine rings is 1. The number of pyridine rings is 1. The molecule has 0 radical (unpaired) electrons. The molecule has 1 aliphatic carbocycles. The molecule has 2 unspecified atom stereocenters. The van der Waals surface area contributed by atoms with E-state index in [1.165, 1.54) is 0 Å². The van der Waals surface area contributed by atoms with Gasteiger partial charge in [0, 0.05) is 75.0 Å². The zero-order valence-electron chi connectivity index (χ0n) is 27.8. The third-order valence-electron chi connectivity index (χ3n) is 9.81. The number of carbonyl (C=O) groups excluding carboxylic acids is 2. The van der Waals surface area contributed by atoms with Gasteiger partial charge in [-0.1, -0.05) is 36.4 Å². The highest BCUT2D eigenvalue weighted by atomic mass is 16.5. The lowest BCUT2D eigenvalue weighted by atomic mass is 9.89. The standard InChI is InChI=1S/C38H45N7O3/c1-38(2,37(47)43-20-18-39-19-21-43)48-33-7-5-6-32(22-33)44-26-29(13-16-35(44)34-8-3-4-17-40-34)36(46)45(31-14-15-31)25-27-9-11-28(12-10-27)30-23-41-42-24-30/h3-12,17,22-24,29,31,35,39H,13-16,18-21,25-26H2,1-2H3,(H,41,42). The predicted octanol–water partition coefficient (Wildman–Crippen LogP) is 5.21. The predicted molar refractivity (Wildman–Crippen MR) is 185 cm³/mol. The highest BCUT2D eigenvalue weighted by Crippen LogP contribution is 2.40. The Balaban J connectivity index is 1.10. The summed E-state index contributed by atoms with van der Waals surface area (Å²) in [7, 11) is 0. The van der Waals surface area contributed by atoms with Gasteiger partial charge in [0.05, 0.1) is 23.9 Å². The van der Waals surface area contributed by atoms with Crippen molar-refractivity contribution in [3.63, 3.8) is 0 Å². The Morgan fingerprint density at radius 3 is 2.48 bits per heavy atom. The second kappa shape index (κ2) is 13.8. The maximum Gasteiger partial charge on any atom is 0.266 e. The average Bonchev–Trinajstić information content (AvgIpc) is 3.82. The Morgan fingerprint density at radius 1 is 0.958 bits per heavy atom. The van der Waals surface area contributed by atoms with Gasteiger partial charge in [-0.15, -0.1) is 0 Å². The van der Waals surface area contributed by atoms with E-state index in [1.807, 2.05) is 67.7 Å². The Hall–Kier alpha value is -4.70. The van der Waals surface area contributed by atoms with Crippen LogP contribution in [0.4, 0.5) is 5.69 Å². The van der Waals surface area contributed by atoms with Crippen LogP contribution >= 0.6 is 0 Å². The van der Waals surface area contributed by atoms with Crippen LogP contribution in [0.5, 0.6) is 5.75 Å². The summed E-state index contributed by atoms with van der Waals surface area (Å²) in [6.07, 6.45) is 9.24. The first kappa shape index (κ1) is 31.9. The fraction of sp³-hybridized carbons (Fsp3) is 0.421. The molecule has 250 valence electrons. The summed E-state index contributed by atoms with van der Waals surface area (Å²) in [5, 5.41) is 10.2. The summed E-state index contributed by atoms with van der Waals surface area (Å²) in [6, 6.07) is 22.7. The maximum absolute atomic E-state index is 14.3. The van der Waals surface area contributed by atoms with Gasteiger partial charge in [-0.2, -0.15) is 5.10 Å². The van der Waals surface area contributed by atoms with Gasteiger partial charge in [0.25, 0.3) is 5.91 Å². The van der Waals surface area contributed by atoms with E-state index in [1.54, 1.807) is 0 Å². The summed E-state index contributed by atoms with van der Waals surface area (Å²) in [4.78, 5) is 38.8. The van der Waals surface area contributed by atoms with E-state index >= 15 is 0 Å². The lowest BCUT2D eigenvalue weighted by Crippen LogP contribution is -2.54. The molecule has 2 aliphatic heterocycles. The summed E-state index contributed by atoms with van der Waals surface area (Å²) >= 11 is 0. The van der Waals surface area contributed by atoms with Crippen LogP contribution in [0.1, 0.15) is 56.8 Å². The molecule has 4 aromatic rings. The lowest BCUT2D eigenvalue weighted by molar-refractivity contribution is -0.146. The molecular formula is C38H45N7O3. The minimum absolute atomic E-state index is 0.0133. The van der Waals surface area contributed by atoms with Crippen molar-refractivity contribution in [2.24, 2.45) is 5.92 Å². The van der Waals surface area contributed by atoms with Crippen LogP contribution < -0.4 is 15.0 Å². The fourth-order valence-corrected chi connectivity index (χ4v) is 7.07. The first-order valence-corrected chi connectivity index (χ1v) is 17.2. The molecule has 48 heavy (non-hydrogen) atoms. The van der Waals surface area contributed by atoms with Crippen molar-refractivity contribution in [2.45, 2.75) is 63.8 Å². The molecule has 0 spiro atoms. The minimum Gasteiger partial charge on any atom is -0.478 e. The maximum atomic E-state index is 14.3. The minimum atomic E-state index is -1.02. The molecule has 7 rings (SSSR count). The number of amides is 2. The number of H-pyrrole nitrogens is 1. The number of aromatic nitrogens is 3. The molecule has 4 heterocycles. The second-order valence-electron chi connectivity index (χ2n) is 13.7. The molecule has 3 fully saturated rings. The average molecular weight is 648 g/mol. The topological polar surface area (TPSA) is 107 Å². The van der Waals surface area contributed by atoms with Crippen LogP contribution in [0.2, 0.25) is 0 Å². The molecular weight excluding hydrogens is 602 g/mol. The number of hydrogen-bond donors (Lipinski definition) is 2. The Bertz CT molecular complexity index is 1680. The first-order valence-electron chi connectivity index (χ1n) is 17.2. The molecule has 1 saturated carbocycles. The number of nitrogens with zero attached hydrogens (tertiary/aromatic N) is 5. The molecule has 3 aliphatic rings. The van der Waals surface area contributed by atoms with E-state index in [0.29, 0.717) is 38.0 Å². The van der Waals surface area contributed by atoms with Crippen LogP contribution in [-0.4, -0.2) is 81.2 Å². The number of hydrogen-bond acceptors (Lipinski definition) is 7. The number of anilines is 1. The Morgan fingerprint density at radius 2 is 1.77 bits per heavy atom. The van der Waals surface area contributed by atoms with Crippen LogP contribution in [0.15, 0.2) is 85.3 Å². The fourth-order valence-electron chi connectivity index (χ4n) is 7.07. The van der Waals surface area contributed by atoms with Crippen molar-refractivity contribution < 1.29 is 14.3 Å². The van der Waals surface area contributed by atoms with Crippen LogP contribution in [-0.2, 0) is 16.1 Å². The third-order valence-corrected chi connectivity index (χ3v) is 9.81. The summed E-state index contributed by atoms with van der Waals surface area (Å²) < 4.78 is 6.41. The van der Waals surface area contributed by atoms with Crippen molar-refractivity contribution in [1.29, 1.82) is 0 Å². The van der Waals surface area contributed by atoms with Gasteiger partial charge in [0.2, 0.25) is 5.91 Å². The third kappa shape index (κ3) is 7.08. The smallest absolute Gasteiger partial charge is 0.266 e. The number of benzene rings is 2. The monoisotopic (exact) mass is 647 g/mol. The van der Waals surface area contributed by atoms with Gasteiger partial charge in [-0.3, -0.25) is 19.7 Å². The normalized spacial score (nSPS) is 20.0. The van der Waals surface area contributed by atoms with Gasteiger partial charge in [0.1, 0.15) is 5.75 Å². The Labute approximate surface area is 282 Å². The SMILES string of the molecule is CC(C)(Oc1cccc(N2CC(C(=O)N(Cc3ccc(-c4cn[nH]c4)cc3)C3CC3)CCC2c2ccccn2)c1)C(=O)N1CCNCC1. The molecule has 10 nitrogen and oxygen atoms in total. The molecule has 2 N–H and O–H groups in total. The molecule has 0 bridgehead atoms. The van der Waals surface area contributed by atoms with E-state index in [2.05, 4.69) is 61.7 Å². The highest BCUT2D eigenvalue weighted by molar-refractivity contribution is 5.85. The number of ether oxygens (including phenoxy) is 1. The zero-order chi connectivity index (χ0) is 33.1. The van der Waals surface area contributed by atoms with E-state index in [-0.39, 0.29) is 23.8 Å². The van der Waals surface area contributed by atoms with Gasteiger partial charge in [-0.05, 0) is 74.9 Å². The van der Waals surface area contributed by atoms with Gasteiger partial charge in [0.15, 0.2) is 5.60 Å². The second-order valence-corrected chi connectivity index (χ2v) is 13.7. The van der Waals surface area contributed by atoms with Gasteiger partial charge < -0.3 is 24.8 Å². The molecule has 2 amide bonds. The zero-order valence-corrected chi connectivity index (χ0v) is 27.8. The highest BCUT2D eigenvalue weighted by Gasteiger charge is 2.40. The number of nitrogens with one attached hydrogen (secondary N) is 2. The number of rotatable bonds is 10. The van der Waals surface area contributed by atoms with Crippen LogP contribution in [0.25, 0.3) is 11.1 Å². The first-order chi connectivity index (χ1) is 23.4. The molecule has 2 saturated heterocycles. The lowest BCUT2D eigenvalue weighted by Gasteiger charge is -2.42. The summed E-state index contributed by atoms with van der Waals surface area (Å²) in [5.74, 6) is 0.690. The van der Waals surface area contributed by atoms with Crippen LogP contribution in [0, 0.1) is 5.92 Å². The number of aromatic amines is 1. The number of piperidine rings is 1. The largest absolute Gasteiger partial charge is 0.478 e. The van der Waals surface area contributed by atoms with Crippen molar-refractivity contribution in [2.75, 3.05) is 37.6 Å². The van der Waals surface area contributed by atoms with Gasteiger partial charge in [-0.25, -0.2) is 0 Å². The summed E-state index contributed by atoms with van der Waals surface area (Å²) in [5.41, 5.74) is 4.20. The van der Waals surface area contributed by atoms with Crippen LogP contribution in [0.3, 0.4) is 0 Å². The van der Waals surface area contributed by atoms with E-state index < -0.39 is 5.60 Å². The molecule has 2 aromatic carbocycles. The quantitative estimate of drug-likeness (QED) is 0.244. The van der Waals surface area contributed by atoms with E-state index in [9.17, 15) is 9.59 Å². The van der Waals surface area contributed by atoms with Gasteiger partial charge >= 0.3 is 0 Å². The van der Waals surface area contributed by atoms with Crippen molar-refractivity contribution in [1.82, 2.24) is 30.3 Å². The Kier molecular flexibility index (Phi) is 9.17. The van der Waals surface area contributed by atoms with E-state index in [4.69, 9.17) is 9.72 Å². The number of carbonyl (C=O) groups is 2. The molecule has 2 atom stereocenters. The van der Waals surface area contributed by atoms with E-state index in [0.717, 1.165) is 66.8 Å².